The molecule has 1 aliphatic heterocycles. The summed E-state index contributed by atoms with van der Waals surface area (Å²) >= 11 is 1.47. The highest BCUT2D eigenvalue weighted by Gasteiger charge is 2.45. The third kappa shape index (κ3) is 28.6. The number of carbonyl (C=O) groups excluding carboxylic acids is 1. The molecular formula is C60H105NO8S. The Labute approximate surface area is 431 Å². The second-order valence-corrected chi connectivity index (χ2v) is 22.2. The van der Waals surface area contributed by atoms with Crippen LogP contribution < -0.4 is 5.32 Å². The fourth-order valence-electron chi connectivity index (χ4n) is 10.0. The van der Waals surface area contributed by atoms with Gasteiger partial charge in [-0.15, -0.1) is 11.8 Å². The highest BCUT2D eigenvalue weighted by atomic mass is 32.2. The minimum Gasteiger partial charge on any atom is -0.390 e. The number of carbonyl (C=O) groups is 1. The van der Waals surface area contributed by atoms with Crippen LogP contribution in [0.15, 0.2) is 47.4 Å². The van der Waals surface area contributed by atoms with Gasteiger partial charge in [0.2, 0.25) is 5.91 Å². The highest BCUT2D eigenvalue weighted by molar-refractivity contribution is 7.99. The van der Waals surface area contributed by atoms with Gasteiger partial charge in [0.15, 0.2) is 6.29 Å². The molecule has 1 saturated heterocycles. The fourth-order valence-corrected chi connectivity index (χ4v) is 11.0. The largest absolute Gasteiger partial charge is 0.390 e. The van der Waals surface area contributed by atoms with Crippen LogP contribution in [0.2, 0.25) is 0 Å². The molecule has 1 aliphatic rings. The first-order valence-electron chi connectivity index (χ1n) is 29.3. The van der Waals surface area contributed by atoms with E-state index in [4.69, 9.17) is 9.47 Å². The van der Waals surface area contributed by atoms with Crippen molar-refractivity contribution in [3.8, 4) is 0 Å². The smallest absolute Gasteiger partial charge is 0.220 e. The molecule has 1 amide bonds. The third-order valence-electron chi connectivity index (χ3n) is 14.8. The highest BCUT2D eigenvalue weighted by Crippen LogP contribution is 2.30. The van der Waals surface area contributed by atoms with Crippen LogP contribution >= 0.6 is 11.8 Å². The van der Waals surface area contributed by atoms with Gasteiger partial charge < -0.3 is 40.3 Å². The van der Waals surface area contributed by atoms with Crippen LogP contribution in [-0.4, -0.2) is 92.8 Å². The van der Waals surface area contributed by atoms with Gasteiger partial charge in [-0.1, -0.05) is 262 Å². The number of unbranched alkanes of at least 4 members (excludes halogenated alkanes) is 33. The van der Waals surface area contributed by atoms with Gasteiger partial charge in [0.1, 0.15) is 24.4 Å². The number of fused-ring (bicyclic) bond motifs is 1. The standard InChI is InChI=1S/C60H105NO8S/c1-3-5-7-9-11-13-15-17-18-19-20-21-22-23-24-25-26-27-29-31-33-35-37-43-55(63)61-52(56(64)53(62)42-36-34-32-30-28-16-14-12-10-8-6-4-2)47-68-60-59(67)58(66)57(65)54(69-60)48-70-51-45-44-49-40-38-39-41-50(49)46-51/h38-41,44-46,52-54,56-60,62,64-67H,3-37,42-43,47-48H2,1-2H3,(H,61,63)/t52-,53+,54+,56-,57-,58-,59+,60-/m0/s1. The zero-order valence-electron chi connectivity index (χ0n) is 44.6. The third-order valence-corrected chi connectivity index (χ3v) is 15.8. The Morgan fingerprint density at radius 1 is 0.557 bits per heavy atom. The predicted octanol–water partition coefficient (Wildman–Crippen LogP) is 14.4. The van der Waals surface area contributed by atoms with E-state index in [1.807, 2.05) is 36.4 Å². The minimum atomic E-state index is -1.55. The number of benzene rings is 2. The molecule has 1 heterocycles. The van der Waals surface area contributed by atoms with Crippen molar-refractivity contribution in [2.24, 2.45) is 0 Å². The molecule has 0 unspecified atom stereocenters. The molecule has 0 aliphatic carbocycles. The van der Waals surface area contributed by atoms with Crippen molar-refractivity contribution in [2.75, 3.05) is 12.4 Å². The van der Waals surface area contributed by atoms with Crippen molar-refractivity contribution < 1.29 is 39.8 Å². The molecule has 404 valence electrons. The number of ether oxygens (including phenoxy) is 2. The van der Waals surface area contributed by atoms with E-state index in [1.165, 1.54) is 198 Å². The number of rotatable bonds is 46. The average molecular weight is 1000 g/mol. The number of nitrogens with one attached hydrogen (secondary N) is 1. The second kappa shape index (κ2) is 41.6. The summed E-state index contributed by atoms with van der Waals surface area (Å²) in [6, 6.07) is 13.2. The summed E-state index contributed by atoms with van der Waals surface area (Å²) in [5.41, 5.74) is 0. The van der Waals surface area contributed by atoms with Crippen LogP contribution in [0.25, 0.3) is 10.8 Å². The Hall–Kier alpha value is -1.76. The van der Waals surface area contributed by atoms with Gasteiger partial charge >= 0.3 is 0 Å². The van der Waals surface area contributed by atoms with Gasteiger partial charge in [0.05, 0.1) is 24.9 Å². The topological polar surface area (TPSA) is 149 Å². The molecule has 3 rings (SSSR count). The molecule has 0 radical (unpaired) electrons. The summed E-state index contributed by atoms with van der Waals surface area (Å²) in [4.78, 5) is 14.3. The van der Waals surface area contributed by atoms with Crippen molar-refractivity contribution in [2.45, 2.75) is 305 Å². The summed E-state index contributed by atoms with van der Waals surface area (Å²) in [5, 5.41) is 60.4. The van der Waals surface area contributed by atoms with E-state index in [-0.39, 0.29) is 12.5 Å². The molecule has 0 aromatic heterocycles. The van der Waals surface area contributed by atoms with E-state index in [1.54, 1.807) is 0 Å². The molecule has 9 nitrogen and oxygen atoms in total. The number of amides is 1. The van der Waals surface area contributed by atoms with Crippen LogP contribution in [0.4, 0.5) is 0 Å². The number of hydrogen-bond acceptors (Lipinski definition) is 9. The molecule has 2 aromatic carbocycles. The van der Waals surface area contributed by atoms with Crippen LogP contribution in [0.3, 0.4) is 0 Å². The molecule has 70 heavy (non-hydrogen) atoms. The Morgan fingerprint density at radius 2 is 0.986 bits per heavy atom. The quantitative estimate of drug-likeness (QED) is 0.0282. The first kappa shape index (κ1) is 62.5. The van der Waals surface area contributed by atoms with Crippen LogP contribution in [0.5, 0.6) is 0 Å². The van der Waals surface area contributed by atoms with Crippen molar-refractivity contribution in [1.29, 1.82) is 0 Å². The molecule has 10 heteroatoms. The van der Waals surface area contributed by atoms with E-state index in [2.05, 4.69) is 25.2 Å². The predicted molar refractivity (Wildman–Crippen MR) is 293 cm³/mol. The molecule has 2 aromatic rings. The lowest BCUT2D eigenvalue weighted by Gasteiger charge is -2.41. The Morgan fingerprint density at radius 3 is 1.46 bits per heavy atom. The normalized spacial score (nSPS) is 19.7. The number of aliphatic hydroxyl groups is 5. The molecule has 1 fully saturated rings. The number of hydrogen-bond donors (Lipinski definition) is 6. The van der Waals surface area contributed by atoms with Crippen molar-refractivity contribution in [3.63, 3.8) is 0 Å². The maximum atomic E-state index is 13.3. The molecule has 0 spiro atoms. The average Bonchev–Trinajstić information content (AvgIpc) is 3.37. The zero-order chi connectivity index (χ0) is 50.3. The van der Waals surface area contributed by atoms with Gasteiger partial charge in [0.25, 0.3) is 0 Å². The van der Waals surface area contributed by atoms with Gasteiger partial charge in [0, 0.05) is 17.1 Å². The monoisotopic (exact) mass is 1000 g/mol. The first-order valence-corrected chi connectivity index (χ1v) is 30.3. The van der Waals surface area contributed by atoms with E-state index in [0.29, 0.717) is 18.6 Å². The maximum absolute atomic E-state index is 13.3. The lowest BCUT2D eigenvalue weighted by atomic mass is 9.98. The summed E-state index contributed by atoms with van der Waals surface area (Å²) in [6.45, 7) is 4.28. The molecule has 0 bridgehead atoms. The Balaban J connectivity index is 1.35. The van der Waals surface area contributed by atoms with Gasteiger partial charge in [-0.2, -0.15) is 0 Å². The maximum Gasteiger partial charge on any atom is 0.220 e. The minimum absolute atomic E-state index is 0.223. The van der Waals surface area contributed by atoms with Crippen LogP contribution in [0.1, 0.15) is 251 Å². The lowest BCUT2D eigenvalue weighted by molar-refractivity contribution is -0.294. The molecule has 0 saturated carbocycles. The molecular weight excluding hydrogens is 895 g/mol. The van der Waals surface area contributed by atoms with Crippen molar-refractivity contribution in [3.05, 3.63) is 42.5 Å². The van der Waals surface area contributed by atoms with Crippen molar-refractivity contribution in [1.82, 2.24) is 5.32 Å². The zero-order valence-corrected chi connectivity index (χ0v) is 45.4. The fraction of sp³-hybridized carbons (Fsp3) is 0.817. The summed E-state index contributed by atoms with van der Waals surface area (Å²) in [5.74, 6) is 0.0717. The Bertz CT molecular complexity index is 1530. The first-order chi connectivity index (χ1) is 34.2. The van der Waals surface area contributed by atoms with E-state index in [0.717, 1.165) is 54.2 Å². The molecule has 8 atom stereocenters. The van der Waals surface area contributed by atoms with Gasteiger partial charge in [-0.3, -0.25) is 4.79 Å². The van der Waals surface area contributed by atoms with Crippen LogP contribution in [-0.2, 0) is 14.3 Å². The van der Waals surface area contributed by atoms with E-state index in [9.17, 15) is 30.3 Å². The number of thioether (sulfide) groups is 1. The van der Waals surface area contributed by atoms with E-state index >= 15 is 0 Å². The van der Waals surface area contributed by atoms with Gasteiger partial charge in [-0.05, 0) is 35.7 Å². The summed E-state index contributed by atoms with van der Waals surface area (Å²) in [7, 11) is 0. The Kier molecular flexibility index (Phi) is 37.1. The summed E-state index contributed by atoms with van der Waals surface area (Å²) in [6.07, 6.45) is 36.4. The SMILES string of the molecule is CCCCCCCCCCCCCCCCCCCCCCCCCC(=O)N[C@@H](CO[C@H]1O[C@H](CSc2ccc3ccccc3c2)[C@H](O)[C@H](O)[C@H]1O)[C@H](O)[C@H](O)CCCCCCCCCCCCCC. The second-order valence-electron chi connectivity index (χ2n) is 21.1. The van der Waals surface area contributed by atoms with Crippen molar-refractivity contribution >= 4 is 28.4 Å². The van der Waals surface area contributed by atoms with E-state index < -0.39 is 49.0 Å². The number of aliphatic hydroxyl groups excluding tert-OH is 5. The summed E-state index contributed by atoms with van der Waals surface area (Å²) < 4.78 is 12.1. The van der Waals surface area contributed by atoms with Gasteiger partial charge in [-0.25, -0.2) is 0 Å². The van der Waals surface area contributed by atoms with Crippen LogP contribution in [0, 0.1) is 0 Å². The lowest BCUT2D eigenvalue weighted by Crippen LogP contribution is -2.60. The molecule has 6 N–H and O–H groups in total.